The maximum Gasteiger partial charge on any atom is 0.387 e. The van der Waals surface area contributed by atoms with Crippen LogP contribution in [0.3, 0.4) is 0 Å². The van der Waals surface area contributed by atoms with E-state index in [9.17, 15) is 13.6 Å². The van der Waals surface area contributed by atoms with Crippen molar-refractivity contribution < 1.29 is 27.5 Å². The Hall–Kier alpha value is -2.44. The molecule has 0 fully saturated rings. The number of halogens is 2. The zero-order valence-electron chi connectivity index (χ0n) is 10.5. The molecule has 2 aromatic rings. The lowest BCUT2D eigenvalue weighted by molar-refractivity contribution is -0.0498. The molecule has 0 saturated heterocycles. The number of carbonyl (C=O) groups is 1. The van der Waals surface area contributed by atoms with Crippen molar-refractivity contribution in [1.82, 2.24) is 4.98 Å². The van der Waals surface area contributed by atoms with E-state index in [4.69, 9.17) is 9.15 Å². The monoisotopic (exact) mass is 283 g/mol. The molecule has 0 amide bonds. The first-order valence-electron chi connectivity index (χ1n) is 5.78. The van der Waals surface area contributed by atoms with E-state index in [0.29, 0.717) is 5.56 Å². The van der Waals surface area contributed by atoms with Crippen LogP contribution in [-0.4, -0.2) is 24.2 Å². The Kier molecular flexibility index (Phi) is 4.29. The lowest BCUT2D eigenvalue weighted by atomic mass is 10.2. The number of rotatable bonds is 5. The van der Waals surface area contributed by atoms with E-state index in [1.54, 1.807) is 6.92 Å². The molecule has 0 radical (unpaired) electrons. The summed E-state index contributed by atoms with van der Waals surface area (Å²) in [5, 5.41) is 0. The van der Waals surface area contributed by atoms with Crippen molar-refractivity contribution in [3.05, 3.63) is 36.2 Å². The van der Waals surface area contributed by atoms with Crippen LogP contribution in [-0.2, 0) is 4.74 Å². The number of benzene rings is 1. The summed E-state index contributed by atoms with van der Waals surface area (Å²) < 4.78 is 38.1. The summed E-state index contributed by atoms with van der Waals surface area (Å²) in [5.41, 5.74) is 0.580. The molecule has 0 atom stereocenters. The molecule has 0 N–H and O–H groups in total. The van der Waals surface area contributed by atoms with Gasteiger partial charge in [-0.25, -0.2) is 9.78 Å². The highest BCUT2D eigenvalue weighted by molar-refractivity contribution is 5.87. The van der Waals surface area contributed by atoms with Crippen molar-refractivity contribution in [2.24, 2.45) is 0 Å². The SMILES string of the molecule is CCOC(=O)c1coc(-c2ccc(OC(F)F)cc2)n1. The van der Waals surface area contributed by atoms with E-state index >= 15 is 0 Å². The van der Waals surface area contributed by atoms with Gasteiger partial charge < -0.3 is 13.9 Å². The molecule has 0 saturated carbocycles. The molecule has 2 rings (SSSR count). The first-order chi connectivity index (χ1) is 9.60. The number of nitrogens with zero attached hydrogens (tertiary/aromatic N) is 1. The molecule has 0 unspecified atom stereocenters. The maximum atomic E-state index is 12.0. The van der Waals surface area contributed by atoms with Crippen LogP contribution >= 0.6 is 0 Å². The van der Waals surface area contributed by atoms with Gasteiger partial charge in [0, 0.05) is 5.56 Å². The van der Waals surface area contributed by atoms with Crippen LogP contribution in [0.25, 0.3) is 11.5 Å². The molecule has 1 aromatic carbocycles. The molecule has 5 nitrogen and oxygen atoms in total. The Bertz CT molecular complexity index is 580. The van der Waals surface area contributed by atoms with Gasteiger partial charge in [0.25, 0.3) is 0 Å². The number of alkyl halides is 2. The molecule has 20 heavy (non-hydrogen) atoms. The van der Waals surface area contributed by atoms with Crippen LogP contribution in [0.4, 0.5) is 8.78 Å². The molecular formula is C13H11F2NO4. The number of hydrogen-bond donors (Lipinski definition) is 0. The van der Waals surface area contributed by atoms with Gasteiger partial charge in [-0.15, -0.1) is 0 Å². The van der Waals surface area contributed by atoms with Gasteiger partial charge in [-0.2, -0.15) is 8.78 Å². The van der Waals surface area contributed by atoms with Crippen molar-refractivity contribution in [2.75, 3.05) is 6.61 Å². The fourth-order valence-corrected chi connectivity index (χ4v) is 1.48. The Labute approximate surface area is 113 Å². The van der Waals surface area contributed by atoms with Crippen LogP contribution in [0.5, 0.6) is 5.75 Å². The van der Waals surface area contributed by atoms with Gasteiger partial charge in [0.2, 0.25) is 5.89 Å². The topological polar surface area (TPSA) is 61.6 Å². The summed E-state index contributed by atoms with van der Waals surface area (Å²) in [4.78, 5) is 15.4. The van der Waals surface area contributed by atoms with E-state index in [2.05, 4.69) is 9.72 Å². The summed E-state index contributed by atoms with van der Waals surface area (Å²) in [6.07, 6.45) is 1.18. The predicted octanol–water partition coefficient (Wildman–Crippen LogP) is 3.12. The average Bonchev–Trinajstić information content (AvgIpc) is 2.89. The molecule has 0 spiro atoms. The van der Waals surface area contributed by atoms with Crippen molar-refractivity contribution in [3.8, 4) is 17.2 Å². The van der Waals surface area contributed by atoms with E-state index in [1.807, 2.05) is 0 Å². The zero-order valence-corrected chi connectivity index (χ0v) is 10.5. The van der Waals surface area contributed by atoms with Crippen LogP contribution in [0, 0.1) is 0 Å². The van der Waals surface area contributed by atoms with E-state index in [1.165, 1.54) is 30.5 Å². The largest absolute Gasteiger partial charge is 0.461 e. The fraction of sp³-hybridized carbons (Fsp3) is 0.231. The summed E-state index contributed by atoms with van der Waals surface area (Å²) in [6, 6.07) is 5.71. The Morgan fingerprint density at radius 2 is 2.05 bits per heavy atom. The fourth-order valence-electron chi connectivity index (χ4n) is 1.48. The number of esters is 1. The summed E-state index contributed by atoms with van der Waals surface area (Å²) in [7, 11) is 0. The van der Waals surface area contributed by atoms with Crippen molar-refractivity contribution in [1.29, 1.82) is 0 Å². The number of ether oxygens (including phenoxy) is 2. The standard InChI is InChI=1S/C13H11F2NO4/c1-2-18-12(17)10-7-19-11(16-10)8-3-5-9(6-4-8)20-13(14)15/h3-7,13H,2H2,1H3. The van der Waals surface area contributed by atoms with Crippen molar-refractivity contribution in [2.45, 2.75) is 13.5 Å². The second kappa shape index (κ2) is 6.14. The van der Waals surface area contributed by atoms with Gasteiger partial charge in [-0.05, 0) is 31.2 Å². The minimum absolute atomic E-state index is 0.0286. The number of carbonyl (C=O) groups excluding carboxylic acids is 1. The molecular weight excluding hydrogens is 272 g/mol. The molecule has 106 valence electrons. The minimum atomic E-state index is -2.88. The third kappa shape index (κ3) is 3.31. The Morgan fingerprint density at radius 1 is 1.35 bits per heavy atom. The molecule has 0 bridgehead atoms. The normalized spacial score (nSPS) is 10.6. The summed E-state index contributed by atoms with van der Waals surface area (Å²) in [5.74, 6) is -0.363. The van der Waals surface area contributed by atoms with E-state index in [-0.39, 0.29) is 23.9 Å². The number of oxazole rings is 1. The van der Waals surface area contributed by atoms with Crippen LogP contribution in [0.1, 0.15) is 17.4 Å². The van der Waals surface area contributed by atoms with Gasteiger partial charge >= 0.3 is 12.6 Å². The van der Waals surface area contributed by atoms with Gasteiger partial charge in [-0.1, -0.05) is 0 Å². The van der Waals surface area contributed by atoms with Gasteiger partial charge in [0.1, 0.15) is 12.0 Å². The first-order valence-corrected chi connectivity index (χ1v) is 5.78. The summed E-state index contributed by atoms with van der Waals surface area (Å²) in [6.45, 7) is -0.959. The van der Waals surface area contributed by atoms with E-state index in [0.717, 1.165) is 0 Å². The predicted molar refractivity (Wildman–Crippen MR) is 64.5 cm³/mol. The smallest absolute Gasteiger partial charge is 0.387 e. The van der Waals surface area contributed by atoms with Crippen molar-refractivity contribution in [3.63, 3.8) is 0 Å². The van der Waals surface area contributed by atoms with Crippen LogP contribution in [0.2, 0.25) is 0 Å². The Balaban J connectivity index is 2.14. The molecule has 0 aliphatic heterocycles. The van der Waals surface area contributed by atoms with E-state index < -0.39 is 12.6 Å². The molecule has 1 aromatic heterocycles. The average molecular weight is 283 g/mol. The third-order valence-corrected chi connectivity index (χ3v) is 2.32. The second-order valence-corrected chi connectivity index (χ2v) is 3.66. The molecule has 1 heterocycles. The maximum absolute atomic E-state index is 12.0. The van der Waals surface area contributed by atoms with Crippen LogP contribution in [0.15, 0.2) is 34.9 Å². The number of hydrogen-bond acceptors (Lipinski definition) is 5. The highest BCUT2D eigenvalue weighted by Gasteiger charge is 2.14. The summed E-state index contributed by atoms with van der Waals surface area (Å²) >= 11 is 0. The van der Waals surface area contributed by atoms with Gasteiger partial charge in [0.15, 0.2) is 5.69 Å². The first kappa shape index (κ1) is 14.0. The van der Waals surface area contributed by atoms with Gasteiger partial charge in [0.05, 0.1) is 6.61 Å². The second-order valence-electron chi connectivity index (χ2n) is 3.66. The molecule has 0 aliphatic rings. The quantitative estimate of drug-likeness (QED) is 0.789. The zero-order chi connectivity index (χ0) is 14.5. The number of aromatic nitrogens is 1. The lowest BCUT2D eigenvalue weighted by Crippen LogP contribution is -2.04. The van der Waals surface area contributed by atoms with Crippen LogP contribution < -0.4 is 4.74 Å². The molecule has 0 aliphatic carbocycles. The lowest BCUT2D eigenvalue weighted by Gasteiger charge is -2.03. The third-order valence-electron chi connectivity index (χ3n) is 2.32. The Morgan fingerprint density at radius 3 is 2.65 bits per heavy atom. The minimum Gasteiger partial charge on any atom is -0.461 e. The highest BCUT2D eigenvalue weighted by Crippen LogP contribution is 2.23. The van der Waals surface area contributed by atoms with Gasteiger partial charge in [-0.3, -0.25) is 0 Å². The molecule has 7 heteroatoms. The van der Waals surface area contributed by atoms with Crippen molar-refractivity contribution >= 4 is 5.97 Å². The highest BCUT2D eigenvalue weighted by atomic mass is 19.3.